The van der Waals surface area contributed by atoms with Crippen molar-refractivity contribution in [1.29, 1.82) is 0 Å². The van der Waals surface area contributed by atoms with Crippen molar-refractivity contribution >= 4 is 34.0 Å². The van der Waals surface area contributed by atoms with Gasteiger partial charge in [0.15, 0.2) is 5.82 Å². The fourth-order valence-electron chi connectivity index (χ4n) is 2.70. The molecule has 8 heteroatoms. The Morgan fingerprint density at radius 1 is 1.24 bits per heavy atom. The minimum atomic E-state index is -0.489. The van der Waals surface area contributed by atoms with Gasteiger partial charge in [-0.2, -0.15) is 9.50 Å². The van der Waals surface area contributed by atoms with Gasteiger partial charge in [-0.25, -0.2) is 4.39 Å². The summed E-state index contributed by atoms with van der Waals surface area (Å²) in [5.74, 6) is 1.17. The monoisotopic (exact) mass is 429 g/mol. The maximum Gasteiger partial charge on any atom is 0.291 e. The van der Waals surface area contributed by atoms with E-state index < -0.39 is 5.82 Å². The number of hydrogen-bond acceptors (Lipinski definition) is 5. The third-order valence-corrected chi connectivity index (χ3v) is 5.44. The van der Waals surface area contributed by atoms with Crippen molar-refractivity contribution in [3.05, 3.63) is 73.8 Å². The molecule has 0 aliphatic heterocycles. The molecule has 0 radical (unpaired) electrons. The summed E-state index contributed by atoms with van der Waals surface area (Å²) in [5, 5.41) is 4.55. The Hall–Kier alpha value is -2.77. The summed E-state index contributed by atoms with van der Waals surface area (Å²) >= 11 is 7.18. The van der Waals surface area contributed by atoms with Crippen molar-refractivity contribution in [2.24, 2.45) is 5.92 Å². The number of benzene rings is 2. The van der Waals surface area contributed by atoms with E-state index in [-0.39, 0.29) is 16.1 Å². The SMILES string of the molecule is CC(C)COc1ccc(-c2nc3s/c(=C\c4c(F)cccc4Cl)c(=O)n3n2)cc1. The highest BCUT2D eigenvalue weighted by Crippen LogP contribution is 2.22. The number of halogens is 2. The number of hydrogen-bond donors (Lipinski definition) is 0. The van der Waals surface area contributed by atoms with Crippen LogP contribution in [-0.2, 0) is 0 Å². The van der Waals surface area contributed by atoms with Crippen LogP contribution in [0.4, 0.5) is 4.39 Å². The molecule has 0 aliphatic rings. The number of fused-ring (bicyclic) bond motifs is 1. The Balaban J connectivity index is 1.67. The largest absolute Gasteiger partial charge is 0.493 e. The minimum Gasteiger partial charge on any atom is -0.493 e. The molecule has 0 N–H and O–H groups in total. The van der Waals surface area contributed by atoms with Crippen LogP contribution >= 0.6 is 22.9 Å². The summed E-state index contributed by atoms with van der Waals surface area (Å²) in [6, 6.07) is 11.8. The van der Waals surface area contributed by atoms with E-state index in [2.05, 4.69) is 23.9 Å². The zero-order chi connectivity index (χ0) is 20.5. The standard InChI is InChI=1S/C21H17ClFN3O2S/c1-12(2)11-28-14-8-6-13(7-9-14)19-24-21-26(25-19)20(27)18(29-21)10-15-16(22)4-3-5-17(15)23/h3-10,12H,11H2,1-2H3/b18-10-. The van der Waals surface area contributed by atoms with E-state index in [9.17, 15) is 9.18 Å². The molecule has 2 heterocycles. The van der Waals surface area contributed by atoms with Crippen LogP contribution in [0.25, 0.3) is 22.4 Å². The fraction of sp³-hybridized carbons (Fsp3) is 0.190. The summed E-state index contributed by atoms with van der Waals surface area (Å²) in [4.78, 5) is 17.5. The summed E-state index contributed by atoms with van der Waals surface area (Å²) < 4.78 is 21.2. The van der Waals surface area contributed by atoms with Crippen molar-refractivity contribution in [2.45, 2.75) is 13.8 Å². The molecule has 2 aromatic heterocycles. The molecule has 5 nitrogen and oxygen atoms in total. The first-order chi connectivity index (χ1) is 13.9. The summed E-state index contributed by atoms with van der Waals surface area (Å²) in [7, 11) is 0. The van der Waals surface area contributed by atoms with E-state index in [1.54, 1.807) is 6.07 Å². The number of nitrogens with zero attached hydrogens (tertiary/aromatic N) is 3. The number of rotatable bonds is 5. The van der Waals surface area contributed by atoms with E-state index in [0.29, 0.717) is 27.8 Å². The molecule has 0 saturated carbocycles. The Kier molecular flexibility index (Phi) is 5.34. The van der Waals surface area contributed by atoms with Gasteiger partial charge in [-0.15, -0.1) is 5.10 Å². The molecule has 0 amide bonds. The van der Waals surface area contributed by atoms with Crippen molar-refractivity contribution in [3.8, 4) is 17.1 Å². The average Bonchev–Trinajstić information content (AvgIpc) is 3.23. The molecule has 148 valence electrons. The molecule has 0 spiro atoms. The smallest absolute Gasteiger partial charge is 0.291 e. The van der Waals surface area contributed by atoms with Crippen molar-refractivity contribution < 1.29 is 9.13 Å². The maximum absolute atomic E-state index is 14.0. The van der Waals surface area contributed by atoms with Crippen LogP contribution in [-0.4, -0.2) is 21.2 Å². The van der Waals surface area contributed by atoms with Gasteiger partial charge in [-0.1, -0.05) is 42.9 Å². The third-order valence-electron chi connectivity index (χ3n) is 4.15. The van der Waals surface area contributed by atoms with E-state index in [1.807, 2.05) is 24.3 Å². The molecule has 0 unspecified atom stereocenters. The predicted octanol–water partition coefficient (Wildman–Crippen LogP) is 4.19. The molecule has 4 aromatic rings. The summed E-state index contributed by atoms with van der Waals surface area (Å²) in [6.45, 7) is 4.81. The lowest BCUT2D eigenvalue weighted by Gasteiger charge is -2.08. The van der Waals surface area contributed by atoms with Crippen molar-refractivity contribution in [2.75, 3.05) is 6.61 Å². The number of thiazole rings is 1. The van der Waals surface area contributed by atoms with E-state index in [1.165, 1.54) is 22.7 Å². The molecule has 0 atom stereocenters. The molecule has 29 heavy (non-hydrogen) atoms. The molecule has 4 rings (SSSR count). The predicted molar refractivity (Wildman–Crippen MR) is 113 cm³/mol. The normalized spacial score (nSPS) is 12.2. The fourth-order valence-corrected chi connectivity index (χ4v) is 3.81. The molecule has 2 aromatic carbocycles. The average molecular weight is 430 g/mol. The summed E-state index contributed by atoms with van der Waals surface area (Å²) in [5.41, 5.74) is 0.591. The highest BCUT2D eigenvalue weighted by molar-refractivity contribution is 7.15. The topological polar surface area (TPSA) is 56.5 Å². The zero-order valence-corrected chi connectivity index (χ0v) is 17.3. The van der Waals surface area contributed by atoms with Gasteiger partial charge in [-0.05, 0) is 48.4 Å². The van der Waals surface area contributed by atoms with Gasteiger partial charge < -0.3 is 4.74 Å². The van der Waals surface area contributed by atoms with Gasteiger partial charge in [0.25, 0.3) is 5.56 Å². The number of aromatic nitrogens is 3. The van der Waals surface area contributed by atoms with Gasteiger partial charge >= 0.3 is 0 Å². The van der Waals surface area contributed by atoms with Gasteiger partial charge in [0.2, 0.25) is 4.96 Å². The van der Waals surface area contributed by atoms with Gasteiger partial charge in [0.1, 0.15) is 11.6 Å². The van der Waals surface area contributed by atoms with Crippen LogP contribution in [0.1, 0.15) is 19.4 Å². The lowest BCUT2D eigenvalue weighted by molar-refractivity contribution is 0.271. The van der Waals surface area contributed by atoms with Gasteiger partial charge in [0.05, 0.1) is 16.2 Å². The van der Waals surface area contributed by atoms with Crippen LogP contribution in [0.2, 0.25) is 5.02 Å². The van der Waals surface area contributed by atoms with Crippen molar-refractivity contribution in [1.82, 2.24) is 14.6 Å². The maximum atomic E-state index is 14.0. The Morgan fingerprint density at radius 2 is 2.00 bits per heavy atom. The molecule has 0 bridgehead atoms. The highest BCUT2D eigenvalue weighted by atomic mass is 35.5. The molecule has 0 saturated heterocycles. The quantitative estimate of drug-likeness (QED) is 0.477. The Morgan fingerprint density at radius 3 is 2.66 bits per heavy atom. The molecular weight excluding hydrogens is 413 g/mol. The van der Waals surface area contributed by atoms with Crippen LogP contribution in [0.15, 0.2) is 47.3 Å². The highest BCUT2D eigenvalue weighted by Gasteiger charge is 2.13. The van der Waals surface area contributed by atoms with Crippen LogP contribution in [0, 0.1) is 11.7 Å². The molecule has 0 aliphatic carbocycles. The van der Waals surface area contributed by atoms with Crippen LogP contribution in [0.3, 0.4) is 0 Å². The second kappa shape index (κ2) is 7.93. The zero-order valence-electron chi connectivity index (χ0n) is 15.7. The van der Waals surface area contributed by atoms with Crippen molar-refractivity contribution in [3.63, 3.8) is 0 Å². The molecular formula is C21H17ClFN3O2S. The van der Waals surface area contributed by atoms with Crippen LogP contribution in [0.5, 0.6) is 5.75 Å². The van der Waals surface area contributed by atoms with E-state index >= 15 is 0 Å². The summed E-state index contributed by atoms with van der Waals surface area (Å²) in [6.07, 6.45) is 1.43. The van der Waals surface area contributed by atoms with E-state index in [4.69, 9.17) is 16.3 Å². The van der Waals surface area contributed by atoms with E-state index in [0.717, 1.165) is 22.6 Å². The van der Waals surface area contributed by atoms with Gasteiger partial charge in [-0.3, -0.25) is 4.79 Å². The number of ether oxygens (including phenoxy) is 1. The Labute approximate surface area is 175 Å². The second-order valence-electron chi connectivity index (χ2n) is 6.91. The minimum absolute atomic E-state index is 0.174. The first-order valence-corrected chi connectivity index (χ1v) is 10.2. The second-order valence-corrected chi connectivity index (χ2v) is 8.33. The third kappa shape index (κ3) is 4.02. The lowest BCUT2D eigenvalue weighted by atomic mass is 10.2. The first kappa shape index (κ1) is 19.5. The lowest BCUT2D eigenvalue weighted by Crippen LogP contribution is -2.23. The molecule has 0 fully saturated rings. The first-order valence-electron chi connectivity index (χ1n) is 9.01. The Bertz CT molecular complexity index is 1260. The van der Waals surface area contributed by atoms with Crippen LogP contribution < -0.4 is 14.8 Å². The van der Waals surface area contributed by atoms with Gasteiger partial charge in [0, 0.05) is 11.1 Å².